The highest BCUT2D eigenvalue weighted by molar-refractivity contribution is 5.75. The number of hydrogen-bond acceptors (Lipinski definition) is 4. The van der Waals surface area contributed by atoms with Crippen LogP contribution in [0.1, 0.15) is 6.42 Å². The lowest BCUT2D eigenvalue weighted by molar-refractivity contribution is -0.142. The highest BCUT2D eigenvalue weighted by atomic mass is 19.1. The van der Waals surface area contributed by atoms with Crippen LogP contribution in [-0.4, -0.2) is 24.8 Å². The van der Waals surface area contributed by atoms with Crippen molar-refractivity contribution in [2.75, 3.05) is 13.7 Å². The van der Waals surface area contributed by atoms with Gasteiger partial charge in [-0.3, -0.25) is 4.79 Å². The van der Waals surface area contributed by atoms with Crippen molar-refractivity contribution in [1.82, 2.24) is 0 Å². The average molecular weight is 334 g/mol. The number of methoxy groups -OCH3 is 1. The van der Waals surface area contributed by atoms with Gasteiger partial charge in [-0.2, -0.15) is 0 Å². The van der Waals surface area contributed by atoms with Crippen LogP contribution in [0.25, 0.3) is 11.1 Å². The smallest absolute Gasteiger partial charge is 0.309 e. The van der Waals surface area contributed by atoms with Crippen LogP contribution in [0.3, 0.4) is 0 Å². The number of benzene rings is 2. The van der Waals surface area contributed by atoms with E-state index in [1.807, 2.05) is 0 Å². The molecule has 2 atom stereocenters. The molecule has 2 unspecified atom stereocenters. The maximum atomic E-state index is 14.2. The Morgan fingerprint density at radius 1 is 1.21 bits per heavy atom. The van der Waals surface area contributed by atoms with Crippen molar-refractivity contribution < 1.29 is 28.2 Å². The fourth-order valence-electron chi connectivity index (χ4n) is 2.59. The third kappa shape index (κ3) is 3.32. The number of carbonyl (C=O) groups excluding carboxylic acids is 1. The minimum Gasteiger partial charge on any atom is -0.508 e. The Morgan fingerprint density at radius 2 is 2.00 bits per heavy atom. The normalized spacial score (nSPS) is 19.0. The largest absolute Gasteiger partial charge is 0.508 e. The van der Waals surface area contributed by atoms with Gasteiger partial charge < -0.3 is 14.6 Å². The Hall–Kier alpha value is -2.63. The number of carbonyl (C=O) groups is 1. The predicted octanol–water partition coefficient (Wildman–Crippen LogP) is 3.53. The van der Waals surface area contributed by atoms with Gasteiger partial charge in [0.25, 0.3) is 0 Å². The SMILES string of the molecule is COC(=O)C1CC1COc1ccc(-c2cc(O)ccc2F)cc1F. The molecule has 1 aliphatic rings. The van der Waals surface area contributed by atoms with Gasteiger partial charge in [0.2, 0.25) is 0 Å². The number of halogens is 2. The van der Waals surface area contributed by atoms with E-state index >= 15 is 0 Å². The summed E-state index contributed by atoms with van der Waals surface area (Å²) in [6.07, 6.45) is 0.668. The molecular weight excluding hydrogens is 318 g/mol. The van der Waals surface area contributed by atoms with Crippen LogP contribution in [0, 0.1) is 23.5 Å². The molecule has 0 saturated heterocycles. The molecule has 0 heterocycles. The van der Waals surface area contributed by atoms with Gasteiger partial charge in [-0.15, -0.1) is 0 Å². The first kappa shape index (κ1) is 16.2. The molecular formula is C18H16F2O4. The van der Waals surface area contributed by atoms with Crippen molar-refractivity contribution in [3.63, 3.8) is 0 Å². The fraction of sp³-hybridized carbons (Fsp3) is 0.278. The van der Waals surface area contributed by atoms with E-state index in [4.69, 9.17) is 4.74 Å². The van der Waals surface area contributed by atoms with Crippen LogP contribution in [-0.2, 0) is 9.53 Å². The van der Waals surface area contributed by atoms with Gasteiger partial charge in [-0.1, -0.05) is 6.07 Å². The zero-order chi connectivity index (χ0) is 17.3. The Kier molecular flexibility index (Phi) is 4.38. The Labute approximate surface area is 137 Å². The molecule has 4 nitrogen and oxygen atoms in total. The first-order chi connectivity index (χ1) is 11.5. The van der Waals surface area contributed by atoms with Crippen LogP contribution < -0.4 is 4.74 Å². The Bertz CT molecular complexity index is 776. The zero-order valence-electron chi connectivity index (χ0n) is 13.0. The van der Waals surface area contributed by atoms with Crippen LogP contribution in [0.5, 0.6) is 11.5 Å². The molecule has 0 bridgehead atoms. The minimum absolute atomic E-state index is 0.0278. The van der Waals surface area contributed by atoms with Gasteiger partial charge in [0.15, 0.2) is 11.6 Å². The number of ether oxygens (including phenoxy) is 2. The summed E-state index contributed by atoms with van der Waals surface area (Å²) < 4.78 is 38.0. The maximum absolute atomic E-state index is 14.2. The van der Waals surface area contributed by atoms with E-state index in [0.29, 0.717) is 12.0 Å². The molecule has 1 fully saturated rings. The average Bonchev–Trinajstić information content (AvgIpc) is 3.35. The second kappa shape index (κ2) is 6.47. The second-order valence-corrected chi connectivity index (χ2v) is 5.75. The summed E-state index contributed by atoms with van der Waals surface area (Å²) >= 11 is 0. The molecule has 0 spiro atoms. The summed E-state index contributed by atoms with van der Waals surface area (Å²) in [5.41, 5.74) is 0.403. The number of hydrogen-bond donors (Lipinski definition) is 1. The fourth-order valence-corrected chi connectivity index (χ4v) is 2.59. The van der Waals surface area contributed by atoms with E-state index in [1.165, 1.54) is 31.4 Å². The summed E-state index contributed by atoms with van der Waals surface area (Å²) in [6.45, 7) is 0.219. The predicted molar refractivity (Wildman–Crippen MR) is 82.6 cm³/mol. The monoisotopic (exact) mass is 334 g/mol. The summed E-state index contributed by atoms with van der Waals surface area (Å²) in [5, 5.41) is 9.44. The van der Waals surface area contributed by atoms with Crippen molar-refractivity contribution in [2.24, 2.45) is 11.8 Å². The van der Waals surface area contributed by atoms with Crippen molar-refractivity contribution >= 4 is 5.97 Å². The van der Waals surface area contributed by atoms with Crippen LogP contribution in [0.2, 0.25) is 0 Å². The molecule has 0 aromatic heterocycles. The van der Waals surface area contributed by atoms with E-state index < -0.39 is 11.6 Å². The van der Waals surface area contributed by atoms with Crippen LogP contribution >= 0.6 is 0 Å². The molecule has 6 heteroatoms. The summed E-state index contributed by atoms with van der Waals surface area (Å²) in [7, 11) is 1.33. The van der Waals surface area contributed by atoms with Gasteiger partial charge in [-0.25, -0.2) is 8.78 Å². The Balaban J connectivity index is 1.69. The molecule has 2 aromatic rings. The lowest BCUT2D eigenvalue weighted by Crippen LogP contribution is -2.09. The third-order valence-corrected chi connectivity index (χ3v) is 4.07. The van der Waals surface area contributed by atoms with Crippen molar-refractivity contribution in [3.8, 4) is 22.6 Å². The van der Waals surface area contributed by atoms with Crippen molar-refractivity contribution in [2.45, 2.75) is 6.42 Å². The third-order valence-electron chi connectivity index (χ3n) is 4.07. The molecule has 3 rings (SSSR count). The van der Waals surface area contributed by atoms with Crippen molar-refractivity contribution in [1.29, 1.82) is 0 Å². The summed E-state index contributed by atoms with van der Waals surface area (Å²) in [5.74, 6) is -1.69. The van der Waals surface area contributed by atoms with E-state index in [1.54, 1.807) is 0 Å². The lowest BCUT2D eigenvalue weighted by Gasteiger charge is -2.09. The van der Waals surface area contributed by atoms with Gasteiger partial charge in [0.1, 0.15) is 11.6 Å². The Morgan fingerprint density at radius 3 is 2.71 bits per heavy atom. The van der Waals surface area contributed by atoms with E-state index in [0.717, 1.165) is 12.1 Å². The van der Waals surface area contributed by atoms with Crippen LogP contribution in [0.15, 0.2) is 36.4 Å². The summed E-state index contributed by atoms with van der Waals surface area (Å²) in [4.78, 5) is 11.3. The van der Waals surface area contributed by atoms with Gasteiger partial charge in [0, 0.05) is 11.5 Å². The molecule has 1 aliphatic carbocycles. The quantitative estimate of drug-likeness (QED) is 0.850. The number of phenols is 1. The number of phenolic OH excluding ortho intramolecular Hbond substituents is 1. The molecule has 126 valence electrons. The molecule has 0 radical (unpaired) electrons. The highest BCUT2D eigenvalue weighted by Gasteiger charge is 2.44. The lowest BCUT2D eigenvalue weighted by atomic mass is 10.0. The first-order valence-electron chi connectivity index (χ1n) is 7.48. The van der Waals surface area contributed by atoms with Gasteiger partial charge in [-0.05, 0) is 42.3 Å². The molecule has 2 aromatic carbocycles. The van der Waals surface area contributed by atoms with Crippen molar-refractivity contribution in [3.05, 3.63) is 48.0 Å². The topological polar surface area (TPSA) is 55.8 Å². The zero-order valence-corrected chi connectivity index (χ0v) is 13.0. The van der Waals surface area contributed by atoms with E-state index in [2.05, 4.69) is 4.74 Å². The van der Waals surface area contributed by atoms with E-state index in [-0.39, 0.29) is 41.5 Å². The molecule has 24 heavy (non-hydrogen) atoms. The maximum Gasteiger partial charge on any atom is 0.309 e. The van der Waals surface area contributed by atoms with Gasteiger partial charge in [0.05, 0.1) is 19.6 Å². The van der Waals surface area contributed by atoms with Gasteiger partial charge >= 0.3 is 5.97 Å². The summed E-state index contributed by atoms with van der Waals surface area (Å²) in [6, 6.07) is 7.64. The highest BCUT2D eigenvalue weighted by Crippen LogP contribution is 2.40. The molecule has 1 N–H and O–H groups in total. The molecule has 1 saturated carbocycles. The standard InChI is InChI=1S/C18H16F2O4/c1-23-18(22)14-6-11(14)9-24-17-5-2-10(7-16(17)20)13-8-12(21)3-4-15(13)19/h2-5,7-8,11,14,21H,6,9H2,1H3. The number of aromatic hydroxyl groups is 1. The number of rotatable bonds is 5. The molecule has 0 aliphatic heterocycles. The van der Waals surface area contributed by atoms with Crippen LogP contribution in [0.4, 0.5) is 8.78 Å². The second-order valence-electron chi connectivity index (χ2n) is 5.75. The first-order valence-corrected chi connectivity index (χ1v) is 7.48. The minimum atomic E-state index is -0.634. The molecule has 0 amide bonds. The number of esters is 1. The van der Waals surface area contributed by atoms with E-state index in [9.17, 15) is 18.7 Å².